The monoisotopic (exact) mass is 317 g/mol. The number of ether oxygens (including phenoxy) is 1. The normalized spacial score (nSPS) is 23.7. The number of carbonyl (C=O) groups excluding carboxylic acids is 3. The second-order valence-electron chi connectivity index (χ2n) is 6.08. The van der Waals surface area contributed by atoms with Crippen LogP contribution < -0.4 is 15.4 Å². The second kappa shape index (κ2) is 5.57. The third-order valence-corrected chi connectivity index (χ3v) is 4.35. The summed E-state index contributed by atoms with van der Waals surface area (Å²) in [5.74, 6) is 0.0251. The van der Waals surface area contributed by atoms with Crippen LogP contribution in [0.5, 0.6) is 5.75 Å². The van der Waals surface area contributed by atoms with E-state index < -0.39 is 17.5 Å². The largest absolute Gasteiger partial charge is 0.497 e. The number of imide groups is 1. The van der Waals surface area contributed by atoms with Gasteiger partial charge in [-0.2, -0.15) is 0 Å². The lowest BCUT2D eigenvalue weighted by atomic mass is 9.96. The van der Waals surface area contributed by atoms with Gasteiger partial charge in [-0.1, -0.05) is 6.07 Å². The van der Waals surface area contributed by atoms with E-state index in [1.807, 2.05) is 0 Å². The summed E-state index contributed by atoms with van der Waals surface area (Å²) >= 11 is 0. The first-order chi connectivity index (χ1) is 10.9. The van der Waals surface area contributed by atoms with Crippen LogP contribution >= 0.6 is 0 Å². The van der Waals surface area contributed by atoms with Crippen molar-refractivity contribution in [3.63, 3.8) is 0 Å². The average Bonchev–Trinajstić information content (AvgIpc) is 3.34. The van der Waals surface area contributed by atoms with Gasteiger partial charge in [0.15, 0.2) is 0 Å². The highest BCUT2D eigenvalue weighted by Crippen LogP contribution is 2.42. The number of anilines is 1. The summed E-state index contributed by atoms with van der Waals surface area (Å²) in [5.41, 5.74) is -0.320. The Kier molecular flexibility index (Phi) is 3.71. The molecule has 1 saturated heterocycles. The van der Waals surface area contributed by atoms with Crippen LogP contribution in [0.25, 0.3) is 0 Å². The Morgan fingerprint density at radius 3 is 2.83 bits per heavy atom. The maximum Gasteiger partial charge on any atom is 0.325 e. The summed E-state index contributed by atoms with van der Waals surface area (Å²) in [7, 11) is 1.53. The number of amides is 4. The minimum atomic E-state index is -0.868. The zero-order chi connectivity index (χ0) is 16.6. The molecule has 23 heavy (non-hydrogen) atoms. The van der Waals surface area contributed by atoms with Gasteiger partial charge in [0.1, 0.15) is 17.8 Å². The van der Waals surface area contributed by atoms with Crippen molar-refractivity contribution >= 4 is 23.5 Å². The molecule has 0 spiro atoms. The smallest absolute Gasteiger partial charge is 0.325 e. The summed E-state index contributed by atoms with van der Waals surface area (Å²) < 4.78 is 5.08. The number of nitrogens with one attached hydrogen (secondary N) is 2. The fraction of sp³-hybridized carbons (Fsp3) is 0.438. The van der Waals surface area contributed by atoms with Crippen molar-refractivity contribution in [3.8, 4) is 5.75 Å². The highest BCUT2D eigenvalue weighted by atomic mass is 16.5. The number of urea groups is 1. The van der Waals surface area contributed by atoms with Crippen LogP contribution in [0.2, 0.25) is 0 Å². The van der Waals surface area contributed by atoms with Crippen molar-refractivity contribution in [1.29, 1.82) is 0 Å². The molecule has 1 aliphatic heterocycles. The Hall–Kier alpha value is -2.57. The molecular formula is C16H19N3O4. The summed E-state index contributed by atoms with van der Waals surface area (Å²) in [4.78, 5) is 37.6. The molecule has 1 aromatic rings. The predicted molar refractivity (Wildman–Crippen MR) is 83.0 cm³/mol. The molecule has 1 heterocycles. The van der Waals surface area contributed by atoms with Crippen molar-refractivity contribution in [2.45, 2.75) is 25.3 Å². The minimum Gasteiger partial charge on any atom is -0.497 e. The van der Waals surface area contributed by atoms with Gasteiger partial charge in [0, 0.05) is 11.8 Å². The molecule has 2 fully saturated rings. The van der Waals surface area contributed by atoms with Gasteiger partial charge in [-0.05, 0) is 37.8 Å². The molecule has 1 aromatic carbocycles. The quantitative estimate of drug-likeness (QED) is 0.803. The Bertz CT molecular complexity index is 671. The van der Waals surface area contributed by atoms with Gasteiger partial charge in [0.05, 0.1) is 7.11 Å². The SMILES string of the molecule is COc1cccc(NC(=O)CN2C(=O)N[C@](C)(C3CC3)C2=O)c1. The number of nitrogens with zero attached hydrogens (tertiary/aromatic N) is 1. The van der Waals surface area contributed by atoms with E-state index in [-0.39, 0.29) is 18.4 Å². The number of rotatable bonds is 5. The van der Waals surface area contributed by atoms with Crippen molar-refractivity contribution in [1.82, 2.24) is 10.2 Å². The van der Waals surface area contributed by atoms with Crippen LogP contribution in [0.3, 0.4) is 0 Å². The zero-order valence-corrected chi connectivity index (χ0v) is 13.1. The van der Waals surface area contributed by atoms with Gasteiger partial charge < -0.3 is 15.4 Å². The van der Waals surface area contributed by atoms with Gasteiger partial charge in [-0.3, -0.25) is 14.5 Å². The maximum atomic E-state index is 12.5. The highest BCUT2D eigenvalue weighted by Gasteiger charge is 2.56. The zero-order valence-electron chi connectivity index (χ0n) is 13.1. The topological polar surface area (TPSA) is 87.7 Å². The van der Waals surface area contributed by atoms with Crippen LogP contribution in [-0.2, 0) is 9.59 Å². The van der Waals surface area contributed by atoms with Crippen LogP contribution in [0, 0.1) is 5.92 Å². The van der Waals surface area contributed by atoms with Crippen molar-refractivity contribution in [2.24, 2.45) is 5.92 Å². The Morgan fingerprint density at radius 2 is 2.17 bits per heavy atom. The molecule has 0 unspecified atom stereocenters. The number of carbonyl (C=O) groups is 3. The average molecular weight is 317 g/mol. The first-order valence-corrected chi connectivity index (χ1v) is 7.52. The molecule has 1 saturated carbocycles. The maximum absolute atomic E-state index is 12.5. The van der Waals surface area contributed by atoms with Crippen LogP contribution in [0.15, 0.2) is 24.3 Å². The summed E-state index contributed by atoms with van der Waals surface area (Å²) in [6.45, 7) is 1.43. The van der Waals surface area contributed by atoms with Crippen LogP contribution in [-0.4, -0.2) is 41.9 Å². The molecule has 7 heteroatoms. The molecule has 1 atom stereocenters. The van der Waals surface area contributed by atoms with E-state index in [1.54, 1.807) is 31.2 Å². The number of hydrogen-bond donors (Lipinski definition) is 2. The predicted octanol–water partition coefficient (Wildman–Crippen LogP) is 1.35. The number of methoxy groups -OCH3 is 1. The molecule has 2 N–H and O–H groups in total. The van der Waals surface area contributed by atoms with E-state index in [4.69, 9.17) is 4.74 Å². The van der Waals surface area contributed by atoms with E-state index in [9.17, 15) is 14.4 Å². The lowest BCUT2D eigenvalue weighted by molar-refractivity contribution is -0.134. The third kappa shape index (κ3) is 2.86. The molecule has 122 valence electrons. The first kappa shape index (κ1) is 15.3. The summed E-state index contributed by atoms with van der Waals surface area (Å²) in [5, 5.41) is 5.38. The minimum absolute atomic E-state index is 0.172. The molecular weight excluding hydrogens is 298 g/mol. The third-order valence-electron chi connectivity index (χ3n) is 4.35. The van der Waals surface area contributed by atoms with Gasteiger partial charge in [0.25, 0.3) is 5.91 Å². The fourth-order valence-electron chi connectivity index (χ4n) is 2.84. The molecule has 1 aliphatic carbocycles. The number of benzene rings is 1. The molecule has 2 aliphatic rings. The first-order valence-electron chi connectivity index (χ1n) is 7.52. The van der Waals surface area contributed by atoms with Crippen LogP contribution in [0.1, 0.15) is 19.8 Å². The molecule has 0 bridgehead atoms. The Balaban J connectivity index is 1.65. The van der Waals surface area contributed by atoms with Crippen molar-refractivity contribution < 1.29 is 19.1 Å². The van der Waals surface area contributed by atoms with Crippen LogP contribution in [0.4, 0.5) is 10.5 Å². The fourth-order valence-corrected chi connectivity index (χ4v) is 2.84. The summed E-state index contributed by atoms with van der Waals surface area (Å²) in [6, 6.07) is 6.37. The molecule has 3 rings (SSSR count). The van der Waals surface area contributed by atoms with E-state index in [1.165, 1.54) is 7.11 Å². The lowest BCUT2D eigenvalue weighted by Crippen LogP contribution is -2.46. The second-order valence-corrected chi connectivity index (χ2v) is 6.08. The van der Waals surface area contributed by atoms with E-state index >= 15 is 0 Å². The van der Waals surface area contributed by atoms with Crippen molar-refractivity contribution in [2.75, 3.05) is 19.0 Å². The Morgan fingerprint density at radius 1 is 1.43 bits per heavy atom. The molecule has 0 radical (unpaired) electrons. The van der Waals surface area contributed by atoms with Gasteiger partial charge in [-0.25, -0.2) is 4.79 Å². The lowest BCUT2D eigenvalue weighted by Gasteiger charge is -2.20. The van der Waals surface area contributed by atoms with Gasteiger partial charge in [-0.15, -0.1) is 0 Å². The van der Waals surface area contributed by atoms with Crippen molar-refractivity contribution in [3.05, 3.63) is 24.3 Å². The standard InChI is InChI=1S/C16H19N3O4/c1-16(10-6-7-10)14(21)19(15(22)18-16)9-13(20)17-11-4-3-5-12(8-11)23-2/h3-5,8,10H,6-7,9H2,1-2H3,(H,17,20)(H,18,22)/t16-/m1/s1. The van der Waals surface area contributed by atoms with E-state index in [2.05, 4.69) is 10.6 Å². The summed E-state index contributed by atoms with van der Waals surface area (Å²) in [6.07, 6.45) is 1.85. The highest BCUT2D eigenvalue weighted by molar-refractivity contribution is 6.10. The van der Waals surface area contributed by atoms with E-state index in [0.29, 0.717) is 11.4 Å². The van der Waals surface area contributed by atoms with Gasteiger partial charge >= 0.3 is 6.03 Å². The molecule has 0 aromatic heterocycles. The molecule has 4 amide bonds. The van der Waals surface area contributed by atoms with E-state index in [0.717, 1.165) is 17.7 Å². The Labute approximate surface area is 134 Å². The number of hydrogen-bond acceptors (Lipinski definition) is 4. The van der Waals surface area contributed by atoms with Gasteiger partial charge in [0.2, 0.25) is 5.91 Å². The molecule has 7 nitrogen and oxygen atoms in total.